The Morgan fingerprint density at radius 3 is 1.42 bits per heavy atom. The Hall–Kier alpha value is -1.92. The van der Waals surface area contributed by atoms with Crippen LogP contribution in [0.3, 0.4) is 0 Å². The molecule has 0 aliphatic heterocycles. The Bertz CT molecular complexity index is 946. The monoisotopic (exact) mass is 802 g/mol. The van der Waals surface area contributed by atoms with Crippen LogP contribution in [-0.4, -0.2) is 46.9 Å². The zero-order valence-corrected chi connectivity index (χ0v) is 38.0. The van der Waals surface area contributed by atoms with E-state index in [1.165, 1.54) is 148 Å². The van der Waals surface area contributed by atoms with E-state index in [1.807, 2.05) is 0 Å². The van der Waals surface area contributed by atoms with Crippen LogP contribution in [0, 0.1) is 0 Å². The molecule has 0 aromatic heterocycles. The predicted molar refractivity (Wildman–Crippen MR) is 246 cm³/mol. The van der Waals surface area contributed by atoms with Crippen molar-refractivity contribution in [3.05, 3.63) is 36.5 Å². The molecule has 0 aliphatic carbocycles. The lowest BCUT2D eigenvalue weighted by Crippen LogP contribution is -2.46. The van der Waals surface area contributed by atoms with E-state index >= 15 is 0 Å². The van der Waals surface area contributed by atoms with E-state index in [1.54, 1.807) is 0 Å². The maximum absolute atomic E-state index is 13.1. The molecule has 0 spiro atoms. The van der Waals surface area contributed by atoms with E-state index in [0.29, 0.717) is 19.3 Å². The zero-order valence-electron chi connectivity index (χ0n) is 38.0. The molecule has 334 valence electrons. The second-order valence-corrected chi connectivity index (χ2v) is 16.9. The van der Waals surface area contributed by atoms with Gasteiger partial charge in [0.05, 0.1) is 25.2 Å². The quantitative estimate of drug-likeness (QED) is 0.0324. The molecule has 3 atom stereocenters. The minimum Gasteiger partial charge on any atom is -0.462 e. The van der Waals surface area contributed by atoms with Crippen LogP contribution in [0.25, 0.3) is 0 Å². The van der Waals surface area contributed by atoms with Crippen molar-refractivity contribution in [2.24, 2.45) is 0 Å². The number of ether oxygens (including phenoxy) is 1. The van der Waals surface area contributed by atoms with Crippen LogP contribution in [0.2, 0.25) is 0 Å². The number of hydrogen-bond acceptors (Lipinski definition) is 5. The highest BCUT2D eigenvalue weighted by Crippen LogP contribution is 2.18. The first-order valence-electron chi connectivity index (χ1n) is 24.7. The van der Waals surface area contributed by atoms with Crippen molar-refractivity contribution in [1.82, 2.24) is 5.32 Å². The summed E-state index contributed by atoms with van der Waals surface area (Å²) in [6.45, 7) is 6.34. The van der Waals surface area contributed by atoms with Crippen LogP contribution >= 0.6 is 0 Å². The van der Waals surface area contributed by atoms with E-state index in [9.17, 15) is 19.8 Å². The fourth-order valence-electron chi connectivity index (χ4n) is 7.55. The zero-order chi connectivity index (χ0) is 41.7. The van der Waals surface area contributed by atoms with Gasteiger partial charge in [0, 0.05) is 6.42 Å². The molecule has 0 aromatic carbocycles. The number of amides is 1. The molecular weight excluding hydrogens is 707 g/mol. The first kappa shape index (κ1) is 55.1. The number of allylic oxidation sites excluding steroid dienone is 6. The largest absolute Gasteiger partial charge is 0.462 e. The third kappa shape index (κ3) is 40.6. The number of carbonyl (C=O) groups is 2. The summed E-state index contributed by atoms with van der Waals surface area (Å²) in [5.41, 5.74) is 0. The van der Waals surface area contributed by atoms with Crippen LogP contribution in [0.4, 0.5) is 0 Å². The standard InChI is InChI=1S/C51H95NO5/c1-4-7-10-13-16-19-21-23-25-27-29-32-35-38-41-44-51(56)57-47(42-39-36-33-30-18-15-12-9-6-3)45-50(55)52-48(46-53)49(54)43-40-37-34-31-28-26-24-22-20-17-14-11-8-5-2/h7,10,13,16,19,21,47-49,53-54H,4-6,8-9,11-12,14-15,17-18,20,22-46H2,1-3H3,(H,52,55)/b10-7+,16-13+,21-19+. The molecule has 3 unspecified atom stereocenters. The van der Waals surface area contributed by atoms with Gasteiger partial charge in [0.2, 0.25) is 5.91 Å². The summed E-state index contributed by atoms with van der Waals surface area (Å²) in [6.07, 6.45) is 52.0. The molecule has 0 saturated heterocycles. The van der Waals surface area contributed by atoms with Crippen LogP contribution in [0.1, 0.15) is 252 Å². The Morgan fingerprint density at radius 2 is 0.947 bits per heavy atom. The number of esters is 1. The van der Waals surface area contributed by atoms with Gasteiger partial charge in [0.25, 0.3) is 0 Å². The molecule has 0 saturated carbocycles. The fourth-order valence-corrected chi connectivity index (χ4v) is 7.55. The van der Waals surface area contributed by atoms with Gasteiger partial charge in [0.1, 0.15) is 6.10 Å². The number of aliphatic hydroxyl groups is 2. The molecule has 0 aromatic rings. The van der Waals surface area contributed by atoms with Crippen molar-refractivity contribution >= 4 is 11.9 Å². The SMILES string of the molecule is CC/C=C/C=C/C=C/CCCCCCCCCC(=O)OC(CCCCCCCCCCC)CC(=O)NC(CO)C(O)CCCCCCCCCCCCCCCC. The fraction of sp³-hybridized carbons (Fsp3) is 0.843. The normalized spacial score (nSPS) is 13.6. The molecule has 0 fully saturated rings. The second-order valence-electron chi connectivity index (χ2n) is 16.9. The Balaban J connectivity index is 4.47. The number of unbranched alkanes of at least 4 members (excludes halogenated alkanes) is 28. The minimum atomic E-state index is -0.785. The Morgan fingerprint density at radius 1 is 0.526 bits per heavy atom. The molecule has 0 rings (SSSR count). The molecule has 3 N–H and O–H groups in total. The van der Waals surface area contributed by atoms with Crippen molar-refractivity contribution < 1.29 is 24.5 Å². The van der Waals surface area contributed by atoms with Gasteiger partial charge in [-0.15, -0.1) is 0 Å². The lowest BCUT2D eigenvalue weighted by atomic mass is 10.0. The summed E-state index contributed by atoms with van der Waals surface area (Å²) in [5, 5.41) is 23.7. The lowest BCUT2D eigenvalue weighted by Gasteiger charge is -2.24. The van der Waals surface area contributed by atoms with E-state index < -0.39 is 18.2 Å². The molecular formula is C51H95NO5. The van der Waals surface area contributed by atoms with Gasteiger partial charge in [-0.25, -0.2) is 0 Å². The maximum atomic E-state index is 13.1. The summed E-state index contributed by atoms with van der Waals surface area (Å²) in [4.78, 5) is 26.0. The van der Waals surface area contributed by atoms with Gasteiger partial charge >= 0.3 is 5.97 Å². The molecule has 0 aliphatic rings. The van der Waals surface area contributed by atoms with Gasteiger partial charge in [0.15, 0.2) is 0 Å². The third-order valence-corrected chi connectivity index (χ3v) is 11.3. The number of aliphatic hydroxyl groups excluding tert-OH is 2. The summed E-state index contributed by atoms with van der Waals surface area (Å²) >= 11 is 0. The highest BCUT2D eigenvalue weighted by Gasteiger charge is 2.24. The third-order valence-electron chi connectivity index (χ3n) is 11.3. The van der Waals surface area contributed by atoms with Crippen molar-refractivity contribution in [3.63, 3.8) is 0 Å². The van der Waals surface area contributed by atoms with Crippen LogP contribution in [0.15, 0.2) is 36.5 Å². The molecule has 0 bridgehead atoms. The second kappa shape index (κ2) is 45.2. The van der Waals surface area contributed by atoms with Crippen molar-refractivity contribution in [1.29, 1.82) is 0 Å². The van der Waals surface area contributed by atoms with Crippen molar-refractivity contribution in [2.75, 3.05) is 6.61 Å². The van der Waals surface area contributed by atoms with Crippen molar-refractivity contribution in [2.45, 2.75) is 270 Å². The smallest absolute Gasteiger partial charge is 0.306 e. The molecule has 1 amide bonds. The average Bonchev–Trinajstić information content (AvgIpc) is 3.20. The molecule has 57 heavy (non-hydrogen) atoms. The van der Waals surface area contributed by atoms with Crippen molar-refractivity contribution in [3.8, 4) is 0 Å². The Labute approximate surface area is 353 Å². The molecule has 6 nitrogen and oxygen atoms in total. The maximum Gasteiger partial charge on any atom is 0.306 e. The molecule has 0 heterocycles. The van der Waals surface area contributed by atoms with E-state index in [0.717, 1.165) is 57.8 Å². The van der Waals surface area contributed by atoms with Gasteiger partial charge < -0.3 is 20.3 Å². The highest BCUT2D eigenvalue weighted by atomic mass is 16.5. The predicted octanol–water partition coefficient (Wildman–Crippen LogP) is 14.5. The molecule has 6 heteroatoms. The van der Waals surface area contributed by atoms with Crippen LogP contribution in [-0.2, 0) is 14.3 Å². The van der Waals surface area contributed by atoms with E-state index in [-0.39, 0.29) is 24.9 Å². The van der Waals surface area contributed by atoms with Gasteiger partial charge in [-0.2, -0.15) is 0 Å². The van der Waals surface area contributed by atoms with Gasteiger partial charge in [-0.1, -0.05) is 231 Å². The molecule has 0 radical (unpaired) electrons. The van der Waals surface area contributed by atoms with Crippen LogP contribution in [0.5, 0.6) is 0 Å². The Kier molecular flexibility index (Phi) is 43.6. The van der Waals surface area contributed by atoms with E-state index in [2.05, 4.69) is 62.5 Å². The minimum absolute atomic E-state index is 0.0756. The first-order chi connectivity index (χ1) is 28.0. The lowest BCUT2D eigenvalue weighted by molar-refractivity contribution is -0.151. The van der Waals surface area contributed by atoms with Crippen LogP contribution < -0.4 is 5.32 Å². The summed E-state index contributed by atoms with van der Waals surface area (Å²) in [5.74, 6) is -0.481. The number of hydrogen-bond donors (Lipinski definition) is 3. The number of carbonyl (C=O) groups excluding carboxylic acids is 2. The highest BCUT2D eigenvalue weighted by molar-refractivity contribution is 5.77. The summed E-state index contributed by atoms with van der Waals surface area (Å²) in [7, 11) is 0. The van der Waals surface area contributed by atoms with E-state index in [4.69, 9.17) is 4.74 Å². The number of nitrogens with one attached hydrogen (secondary N) is 1. The van der Waals surface area contributed by atoms with Gasteiger partial charge in [-0.05, 0) is 44.9 Å². The summed E-state index contributed by atoms with van der Waals surface area (Å²) < 4.78 is 5.91. The number of rotatable bonds is 44. The van der Waals surface area contributed by atoms with Gasteiger partial charge in [-0.3, -0.25) is 9.59 Å². The average molecular weight is 802 g/mol. The topological polar surface area (TPSA) is 95.9 Å². The first-order valence-corrected chi connectivity index (χ1v) is 24.7. The summed E-state index contributed by atoms with van der Waals surface area (Å²) in [6, 6.07) is -0.699.